The number of aromatic carboxylic acids is 1. The van der Waals surface area contributed by atoms with E-state index < -0.39 is 5.97 Å². The molecule has 4 rings (SSSR count). The van der Waals surface area contributed by atoms with Gasteiger partial charge in [0.2, 0.25) is 0 Å². The van der Waals surface area contributed by atoms with Crippen LogP contribution in [0.2, 0.25) is 0 Å². The minimum atomic E-state index is -1.04. The van der Waals surface area contributed by atoms with Gasteiger partial charge in [-0.05, 0) is 30.5 Å². The third kappa shape index (κ3) is 3.96. The van der Waals surface area contributed by atoms with E-state index in [1.807, 2.05) is 35.1 Å². The zero-order valence-electron chi connectivity index (χ0n) is 15.2. The van der Waals surface area contributed by atoms with E-state index in [4.69, 9.17) is 5.11 Å². The van der Waals surface area contributed by atoms with E-state index in [0.717, 1.165) is 24.0 Å². The second-order valence-corrected chi connectivity index (χ2v) is 7.70. The summed E-state index contributed by atoms with van der Waals surface area (Å²) in [7, 11) is 0. The molecule has 2 aromatic heterocycles. The Labute approximate surface area is 166 Å². The summed E-state index contributed by atoms with van der Waals surface area (Å²) in [5, 5.41) is 18.5. The summed E-state index contributed by atoms with van der Waals surface area (Å²) in [4.78, 5) is 27.5. The van der Waals surface area contributed by atoms with Crippen molar-refractivity contribution >= 4 is 23.2 Å². The van der Waals surface area contributed by atoms with Gasteiger partial charge in [0, 0.05) is 23.7 Å². The maximum Gasteiger partial charge on any atom is 0.355 e. The fourth-order valence-corrected chi connectivity index (χ4v) is 4.21. The minimum absolute atomic E-state index is 0.0385. The lowest BCUT2D eigenvalue weighted by Gasteiger charge is -2.09. The van der Waals surface area contributed by atoms with Gasteiger partial charge in [0.05, 0.1) is 6.04 Å². The summed E-state index contributed by atoms with van der Waals surface area (Å²) in [5.41, 5.74) is 2.20. The Morgan fingerprint density at radius 2 is 2.04 bits per heavy atom. The summed E-state index contributed by atoms with van der Waals surface area (Å²) >= 11 is 1.28. The Bertz CT molecular complexity index is 1000. The topological polar surface area (TPSA) is 97.1 Å². The number of aromatic nitrogens is 3. The molecule has 8 heteroatoms. The average molecular weight is 396 g/mol. The first-order chi connectivity index (χ1) is 13.6. The summed E-state index contributed by atoms with van der Waals surface area (Å²) in [6.07, 6.45) is 6.56. The molecule has 0 atom stereocenters. The number of hydrogen-bond donors (Lipinski definition) is 2. The van der Waals surface area contributed by atoms with Crippen LogP contribution in [0.4, 0.5) is 0 Å². The number of amides is 1. The van der Waals surface area contributed by atoms with Gasteiger partial charge in [-0.1, -0.05) is 31.0 Å². The average Bonchev–Trinajstić information content (AvgIpc) is 3.47. The predicted molar refractivity (Wildman–Crippen MR) is 105 cm³/mol. The summed E-state index contributed by atoms with van der Waals surface area (Å²) < 4.78 is 1.91. The molecule has 0 saturated heterocycles. The quantitative estimate of drug-likeness (QED) is 0.661. The van der Waals surface area contributed by atoms with E-state index in [9.17, 15) is 9.59 Å². The van der Waals surface area contributed by atoms with Crippen molar-refractivity contribution in [3.63, 3.8) is 0 Å². The van der Waals surface area contributed by atoms with Gasteiger partial charge < -0.3 is 10.4 Å². The Balaban J connectivity index is 1.40. The van der Waals surface area contributed by atoms with E-state index in [0.29, 0.717) is 23.3 Å². The van der Waals surface area contributed by atoms with Crippen LogP contribution in [-0.4, -0.2) is 31.7 Å². The van der Waals surface area contributed by atoms with Crippen molar-refractivity contribution in [2.45, 2.75) is 38.3 Å². The van der Waals surface area contributed by atoms with Crippen molar-refractivity contribution in [1.29, 1.82) is 0 Å². The van der Waals surface area contributed by atoms with E-state index in [1.165, 1.54) is 29.6 Å². The number of hydrogen-bond acceptors (Lipinski definition) is 5. The molecule has 1 saturated carbocycles. The first kappa shape index (κ1) is 18.4. The fraction of sp³-hybridized carbons (Fsp3) is 0.300. The Kier molecular flexibility index (Phi) is 5.21. The maximum absolute atomic E-state index is 12.4. The van der Waals surface area contributed by atoms with Gasteiger partial charge in [-0.25, -0.2) is 9.78 Å². The molecule has 3 aromatic rings. The van der Waals surface area contributed by atoms with Gasteiger partial charge in [0.1, 0.15) is 10.7 Å². The highest BCUT2D eigenvalue weighted by Crippen LogP contribution is 2.28. The summed E-state index contributed by atoms with van der Waals surface area (Å²) in [6.45, 7) is 0.361. The predicted octanol–water partition coefficient (Wildman–Crippen LogP) is 3.75. The first-order valence-electron chi connectivity index (χ1n) is 9.21. The van der Waals surface area contributed by atoms with Crippen molar-refractivity contribution < 1.29 is 14.7 Å². The van der Waals surface area contributed by atoms with Crippen molar-refractivity contribution in [3.05, 3.63) is 58.9 Å². The molecule has 0 spiro atoms. The highest BCUT2D eigenvalue weighted by atomic mass is 32.1. The molecule has 7 nitrogen and oxygen atoms in total. The van der Waals surface area contributed by atoms with Crippen LogP contribution in [0.3, 0.4) is 0 Å². The number of nitrogens with zero attached hydrogens (tertiary/aromatic N) is 3. The highest BCUT2D eigenvalue weighted by Gasteiger charge is 2.19. The number of nitrogens with one attached hydrogen (secondary N) is 1. The molecular weight excluding hydrogens is 376 g/mol. The van der Waals surface area contributed by atoms with Gasteiger partial charge in [-0.3, -0.25) is 9.48 Å². The molecule has 2 heterocycles. The van der Waals surface area contributed by atoms with Crippen LogP contribution in [-0.2, 0) is 6.54 Å². The maximum atomic E-state index is 12.4. The lowest BCUT2D eigenvalue weighted by molar-refractivity contribution is 0.0691. The Morgan fingerprint density at radius 3 is 2.79 bits per heavy atom. The molecule has 0 unspecified atom stereocenters. The van der Waals surface area contributed by atoms with Gasteiger partial charge in [0.15, 0.2) is 5.69 Å². The normalized spacial score (nSPS) is 14.3. The van der Waals surface area contributed by atoms with Gasteiger partial charge in [0.25, 0.3) is 5.91 Å². The monoisotopic (exact) mass is 396 g/mol. The van der Waals surface area contributed by atoms with Crippen LogP contribution in [0.15, 0.2) is 41.9 Å². The Morgan fingerprint density at radius 1 is 1.21 bits per heavy atom. The lowest BCUT2D eigenvalue weighted by atomic mass is 10.1. The van der Waals surface area contributed by atoms with Crippen molar-refractivity contribution in [2.24, 2.45) is 0 Å². The van der Waals surface area contributed by atoms with Crippen LogP contribution in [0.5, 0.6) is 0 Å². The van der Waals surface area contributed by atoms with E-state index in [2.05, 4.69) is 15.4 Å². The van der Waals surface area contributed by atoms with Crippen LogP contribution in [0, 0.1) is 0 Å². The third-order valence-corrected chi connectivity index (χ3v) is 5.78. The van der Waals surface area contributed by atoms with E-state index in [-0.39, 0.29) is 11.6 Å². The molecule has 144 valence electrons. The minimum Gasteiger partial charge on any atom is -0.476 e. The number of thiazole rings is 1. The molecule has 0 bridgehead atoms. The van der Waals surface area contributed by atoms with Crippen LogP contribution in [0.1, 0.15) is 58.3 Å². The summed E-state index contributed by atoms with van der Waals surface area (Å²) in [6, 6.07) is 9.72. The number of rotatable bonds is 6. The molecule has 1 aromatic carbocycles. The SMILES string of the molecule is O=C(O)c1csc(-c2cccc(CNC(=O)c3ccn(C4CCCC4)n3)c2)n1. The molecular formula is C20H20N4O3S. The van der Waals surface area contributed by atoms with Crippen LogP contribution < -0.4 is 5.32 Å². The van der Waals surface area contributed by atoms with E-state index >= 15 is 0 Å². The molecule has 0 aliphatic heterocycles. The second kappa shape index (κ2) is 7.93. The number of carboxylic acids is 1. The molecule has 1 fully saturated rings. The molecule has 1 amide bonds. The fourth-order valence-electron chi connectivity index (χ4n) is 3.42. The largest absolute Gasteiger partial charge is 0.476 e. The van der Waals surface area contributed by atoms with Crippen molar-refractivity contribution in [3.8, 4) is 10.6 Å². The zero-order valence-corrected chi connectivity index (χ0v) is 16.0. The molecule has 1 aliphatic rings. The molecule has 2 N–H and O–H groups in total. The third-order valence-electron chi connectivity index (χ3n) is 4.89. The second-order valence-electron chi connectivity index (χ2n) is 6.85. The van der Waals surface area contributed by atoms with Gasteiger partial charge in [-0.15, -0.1) is 11.3 Å². The highest BCUT2D eigenvalue weighted by molar-refractivity contribution is 7.13. The number of benzene rings is 1. The molecule has 28 heavy (non-hydrogen) atoms. The van der Waals surface area contributed by atoms with Crippen molar-refractivity contribution in [1.82, 2.24) is 20.1 Å². The summed E-state index contributed by atoms with van der Waals surface area (Å²) in [5.74, 6) is -1.24. The lowest BCUT2D eigenvalue weighted by Crippen LogP contribution is -2.23. The van der Waals surface area contributed by atoms with Gasteiger partial charge >= 0.3 is 5.97 Å². The standard InChI is InChI=1S/C20H20N4O3S/c25-18(16-8-9-24(23-16)15-6-1-2-7-15)21-11-13-4-3-5-14(10-13)19-22-17(12-28-19)20(26)27/h3-5,8-10,12,15H,1-2,6-7,11H2,(H,21,25)(H,26,27). The Hall–Kier alpha value is -3.00. The van der Waals surface area contributed by atoms with Crippen LogP contribution in [0.25, 0.3) is 10.6 Å². The van der Waals surface area contributed by atoms with Crippen LogP contribution >= 0.6 is 11.3 Å². The van der Waals surface area contributed by atoms with Gasteiger partial charge in [-0.2, -0.15) is 5.10 Å². The smallest absolute Gasteiger partial charge is 0.355 e. The molecule has 1 aliphatic carbocycles. The van der Waals surface area contributed by atoms with E-state index in [1.54, 1.807) is 6.07 Å². The number of carbonyl (C=O) groups is 2. The first-order valence-corrected chi connectivity index (χ1v) is 10.1. The number of carbonyl (C=O) groups excluding carboxylic acids is 1. The number of carboxylic acid groups (broad SMARTS) is 1. The van der Waals surface area contributed by atoms with Crippen molar-refractivity contribution in [2.75, 3.05) is 0 Å². The zero-order chi connectivity index (χ0) is 19.5. The molecule has 0 radical (unpaired) electrons.